The number of rotatable bonds is 9. The number of primary amides is 1. The van der Waals surface area contributed by atoms with E-state index in [0.717, 1.165) is 12.8 Å². The number of carbonyl (C=O) groups excluding carboxylic acids is 2. The molecule has 0 heterocycles. The molecule has 0 aromatic rings. The van der Waals surface area contributed by atoms with Crippen molar-refractivity contribution in [2.24, 2.45) is 22.2 Å². The maximum atomic E-state index is 11.2. The lowest BCUT2D eigenvalue weighted by Gasteiger charge is -2.15. The SMILES string of the molecule is CCC(=O)O[C@@H](CCCCN=C(N)N)CC(N)=O. The molecule has 0 unspecified atom stereocenters. The van der Waals surface area contributed by atoms with Crippen molar-refractivity contribution < 1.29 is 14.3 Å². The Morgan fingerprint density at radius 3 is 2.39 bits per heavy atom. The van der Waals surface area contributed by atoms with Gasteiger partial charge >= 0.3 is 5.97 Å². The fourth-order valence-electron chi connectivity index (χ4n) is 1.39. The minimum atomic E-state index is -0.479. The second-order valence-electron chi connectivity index (χ2n) is 3.94. The van der Waals surface area contributed by atoms with Crippen LogP contribution in [0.25, 0.3) is 0 Å². The van der Waals surface area contributed by atoms with Crippen LogP contribution < -0.4 is 17.2 Å². The van der Waals surface area contributed by atoms with Gasteiger partial charge in [0.15, 0.2) is 5.96 Å². The lowest BCUT2D eigenvalue weighted by Crippen LogP contribution is -2.25. The van der Waals surface area contributed by atoms with Gasteiger partial charge in [-0.25, -0.2) is 0 Å². The van der Waals surface area contributed by atoms with Gasteiger partial charge in [0.05, 0.1) is 6.42 Å². The minimum Gasteiger partial charge on any atom is -0.462 e. The van der Waals surface area contributed by atoms with Gasteiger partial charge in [-0.15, -0.1) is 0 Å². The summed E-state index contributed by atoms with van der Waals surface area (Å²) in [5.74, 6) is -0.750. The largest absolute Gasteiger partial charge is 0.462 e. The fourth-order valence-corrected chi connectivity index (χ4v) is 1.39. The van der Waals surface area contributed by atoms with Gasteiger partial charge in [-0.1, -0.05) is 6.92 Å². The first-order valence-electron chi connectivity index (χ1n) is 5.98. The van der Waals surface area contributed by atoms with E-state index in [9.17, 15) is 9.59 Å². The fraction of sp³-hybridized carbons (Fsp3) is 0.727. The maximum absolute atomic E-state index is 11.2. The van der Waals surface area contributed by atoms with Crippen LogP contribution in [-0.2, 0) is 14.3 Å². The molecule has 0 saturated heterocycles. The van der Waals surface area contributed by atoms with E-state index >= 15 is 0 Å². The first kappa shape index (κ1) is 16.2. The van der Waals surface area contributed by atoms with Crippen LogP contribution in [0, 0.1) is 0 Å². The molecule has 6 N–H and O–H groups in total. The average Bonchev–Trinajstić information content (AvgIpc) is 2.26. The van der Waals surface area contributed by atoms with E-state index in [2.05, 4.69) is 4.99 Å². The quantitative estimate of drug-likeness (QED) is 0.224. The Labute approximate surface area is 107 Å². The van der Waals surface area contributed by atoms with Crippen LogP contribution in [-0.4, -0.2) is 30.5 Å². The summed E-state index contributed by atoms with van der Waals surface area (Å²) in [7, 11) is 0. The van der Waals surface area contributed by atoms with E-state index in [1.165, 1.54) is 0 Å². The molecule has 0 aromatic carbocycles. The van der Waals surface area contributed by atoms with Crippen molar-refractivity contribution in [2.75, 3.05) is 6.54 Å². The summed E-state index contributed by atoms with van der Waals surface area (Å²) >= 11 is 0. The normalized spacial score (nSPS) is 11.6. The second kappa shape index (κ2) is 9.26. The third-order valence-corrected chi connectivity index (χ3v) is 2.24. The van der Waals surface area contributed by atoms with Crippen molar-refractivity contribution in [1.82, 2.24) is 0 Å². The van der Waals surface area contributed by atoms with E-state index < -0.39 is 12.0 Å². The molecule has 0 aliphatic carbocycles. The molecule has 1 amide bonds. The lowest BCUT2D eigenvalue weighted by atomic mass is 10.1. The van der Waals surface area contributed by atoms with Gasteiger partial charge in [-0.05, 0) is 19.3 Å². The monoisotopic (exact) mass is 258 g/mol. The van der Waals surface area contributed by atoms with E-state index in [-0.39, 0.29) is 24.8 Å². The Hall–Kier alpha value is -1.79. The Bertz CT molecular complexity index is 301. The van der Waals surface area contributed by atoms with E-state index in [1.807, 2.05) is 0 Å². The minimum absolute atomic E-state index is 0.0496. The van der Waals surface area contributed by atoms with Gasteiger partial charge in [0.1, 0.15) is 6.10 Å². The van der Waals surface area contributed by atoms with E-state index in [4.69, 9.17) is 21.9 Å². The smallest absolute Gasteiger partial charge is 0.305 e. The van der Waals surface area contributed by atoms with Crippen LogP contribution in [0.2, 0.25) is 0 Å². The molecule has 1 atom stereocenters. The zero-order valence-electron chi connectivity index (χ0n) is 10.7. The van der Waals surface area contributed by atoms with Crippen LogP contribution in [0.3, 0.4) is 0 Å². The van der Waals surface area contributed by atoms with Crippen LogP contribution in [0.5, 0.6) is 0 Å². The van der Waals surface area contributed by atoms with Gasteiger partial charge < -0.3 is 21.9 Å². The molecule has 104 valence electrons. The van der Waals surface area contributed by atoms with Crippen molar-refractivity contribution >= 4 is 17.8 Å². The summed E-state index contributed by atoms with van der Waals surface area (Å²) < 4.78 is 5.11. The van der Waals surface area contributed by atoms with Crippen molar-refractivity contribution in [3.05, 3.63) is 0 Å². The lowest BCUT2D eigenvalue weighted by molar-refractivity contribution is -0.150. The summed E-state index contributed by atoms with van der Waals surface area (Å²) in [5.41, 5.74) is 15.5. The molecule has 0 bridgehead atoms. The third-order valence-electron chi connectivity index (χ3n) is 2.24. The number of aliphatic imine (C=N–C) groups is 1. The molecule has 7 nitrogen and oxygen atoms in total. The van der Waals surface area contributed by atoms with Gasteiger partial charge in [-0.3, -0.25) is 14.6 Å². The topological polar surface area (TPSA) is 134 Å². The summed E-state index contributed by atoms with van der Waals surface area (Å²) in [6, 6.07) is 0. The van der Waals surface area contributed by atoms with E-state index in [1.54, 1.807) is 6.92 Å². The van der Waals surface area contributed by atoms with Crippen LogP contribution >= 0.6 is 0 Å². The summed E-state index contributed by atoms with van der Waals surface area (Å²) in [6.07, 6.45) is 1.98. The number of hydrogen-bond donors (Lipinski definition) is 3. The molecular formula is C11H22N4O3. The van der Waals surface area contributed by atoms with Crippen molar-refractivity contribution in [2.45, 2.75) is 45.1 Å². The Kier molecular flexibility index (Phi) is 8.34. The molecule has 0 aromatic heterocycles. The summed E-state index contributed by atoms with van der Waals surface area (Å²) in [6.45, 7) is 2.22. The first-order valence-corrected chi connectivity index (χ1v) is 5.98. The third kappa shape index (κ3) is 9.44. The second-order valence-corrected chi connectivity index (χ2v) is 3.94. The molecule has 0 radical (unpaired) electrons. The van der Waals surface area contributed by atoms with Gasteiger partial charge in [0.2, 0.25) is 5.91 Å². The van der Waals surface area contributed by atoms with Crippen LogP contribution in [0.1, 0.15) is 39.0 Å². The molecule has 0 spiro atoms. The molecule has 0 aliphatic heterocycles. The maximum Gasteiger partial charge on any atom is 0.305 e. The first-order chi connectivity index (χ1) is 8.45. The summed E-state index contributed by atoms with van der Waals surface area (Å²) in [5, 5.41) is 0. The number of amides is 1. The standard InChI is InChI=1S/C11H22N4O3/c1-2-10(17)18-8(7-9(12)16)5-3-4-6-15-11(13)14/h8H,2-7H2,1H3,(H2,12,16)(H4,13,14,15)/t8-/m0/s1. The number of ether oxygens (including phenoxy) is 1. The van der Waals surface area contributed by atoms with Crippen LogP contribution in [0.15, 0.2) is 4.99 Å². The summed E-state index contributed by atoms with van der Waals surface area (Å²) in [4.78, 5) is 25.8. The molecular weight excluding hydrogens is 236 g/mol. The molecule has 0 rings (SSSR count). The highest BCUT2D eigenvalue weighted by atomic mass is 16.5. The molecule has 7 heteroatoms. The van der Waals surface area contributed by atoms with Crippen LogP contribution in [0.4, 0.5) is 0 Å². The number of esters is 1. The Morgan fingerprint density at radius 2 is 1.89 bits per heavy atom. The number of guanidine groups is 1. The van der Waals surface area contributed by atoms with Gasteiger partial charge in [-0.2, -0.15) is 0 Å². The number of nitrogens with zero attached hydrogens (tertiary/aromatic N) is 1. The Morgan fingerprint density at radius 1 is 1.22 bits per heavy atom. The molecule has 18 heavy (non-hydrogen) atoms. The highest BCUT2D eigenvalue weighted by Crippen LogP contribution is 2.10. The molecule has 0 aliphatic rings. The Balaban J connectivity index is 3.97. The number of carbonyl (C=O) groups is 2. The molecule has 0 saturated carbocycles. The highest BCUT2D eigenvalue weighted by Gasteiger charge is 2.15. The average molecular weight is 258 g/mol. The van der Waals surface area contributed by atoms with Crippen molar-refractivity contribution in [1.29, 1.82) is 0 Å². The highest BCUT2D eigenvalue weighted by molar-refractivity contribution is 5.75. The zero-order valence-corrected chi connectivity index (χ0v) is 10.7. The number of unbranched alkanes of at least 4 members (excludes halogenated alkanes) is 1. The van der Waals surface area contributed by atoms with Crippen molar-refractivity contribution in [3.8, 4) is 0 Å². The number of nitrogens with two attached hydrogens (primary N) is 3. The zero-order chi connectivity index (χ0) is 14.0. The predicted molar refractivity (Wildman–Crippen MR) is 68.5 cm³/mol. The van der Waals surface area contributed by atoms with Gasteiger partial charge in [0, 0.05) is 13.0 Å². The number of hydrogen-bond acceptors (Lipinski definition) is 4. The van der Waals surface area contributed by atoms with Crippen molar-refractivity contribution in [3.63, 3.8) is 0 Å². The molecule has 0 fully saturated rings. The van der Waals surface area contributed by atoms with Gasteiger partial charge in [0.25, 0.3) is 0 Å². The predicted octanol–water partition coefficient (Wildman–Crippen LogP) is -0.373. The van der Waals surface area contributed by atoms with E-state index in [0.29, 0.717) is 13.0 Å².